The van der Waals surface area contributed by atoms with Gasteiger partial charge >= 0.3 is 5.69 Å². The van der Waals surface area contributed by atoms with Gasteiger partial charge in [-0.25, -0.2) is 19.3 Å². The van der Waals surface area contributed by atoms with Crippen LogP contribution in [0.4, 0.5) is 5.82 Å². The minimum Gasteiger partial charge on any atom is -0.363 e. The SMILES string of the molecule is CC1CCC(CCl)(Nc2cc3n[nH]c(=O)n3cn2)CC1. The highest BCUT2D eigenvalue weighted by Crippen LogP contribution is 2.35. The highest BCUT2D eigenvalue weighted by atomic mass is 35.5. The molecule has 7 heteroatoms. The lowest BCUT2D eigenvalue weighted by atomic mass is 9.78. The molecule has 0 bridgehead atoms. The lowest BCUT2D eigenvalue weighted by molar-refractivity contribution is 0.286. The Morgan fingerprint density at radius 2 is 2.30 bits per heavy atom. The van der Waals surface area contributed by atoms with Crippen LogP contribution in [0.1, 0.15) is 32.6 Å². The van der Waals surface area contributed by atoms with E-state index >= 15 is 0 Å². The van der Waals surface area contributed by atoms with Crippen molar-refractivity contribution in [1.82, 2.24) is 19.6 Å². The molecule has 0 unspecified atom stereocenters. The van der Waals surface area contributed by atoms with E-state index in [0.717, 1.165) is 18.8 Å². The second kappa shape index (κ2) is 5.09. The van der Waals surface area contributed by atoms with Crippen molar-refractivity contribution in [2.24, 2.45) is 5.92 Å². The smallest absolute Gasteiger partial charge is 0.348 e. The molecule has 2 heterocycles. The summed E-state index contributed by atoms with van der Waals surface area (Å²) in [6.45, 7) is 2.28. The zero-order chi connectivity index (χ0) is 14.2. The molecule has 2 aromatic heterocycles. The first-order chi connectivity index (χ1) is 9.62. The molecule has 0 aromatic carbocycles. The molecule has 0 atom stereocenters. The van der Waals surface area contributed by atoms with E-state index in [1.165, 1.54) is 23.6 Å². The summed E-state index contributed by atoms with van der Waals surface area (Å²) in [5, 5.41) is 9.80. The van der Waals surface area contributed by atoms with Crippen LogP contribution in [-0.2, 0) is 0 Å². The Labute approximate surface area is 121 Å². The molecule has 20 heavy (non-hydrogen) atoms. The number of alkyl halides is 1. The summed E-state index contributed by atoms with van der Waals surface area (Å²) in [5.74, 6) is 2.03. The molecule has 0 aliphatic heterocycles. The van der Waals surface area contributed by atoms with E-state index in [1.807, 2.05) is 0 Å². The molecule has 0 saturated heterocycles. The molecular formula is C13H18ClN5O. The van der Waals surface area contributed by atoms with Crippen LogP contribution < -0.4 is 11.0 Å². The first-order valence-corrected chi connectivity index (χ1v) is 7.42. The van der Waals surface area contributed by atoms with Gasteiger partial charge in [-0.2, -0.15) is 5.10 Å². The van der Waals surface area contributed by atoms with Crippen LogP contribution in [0.3, 0.4) is 0 Å². The molecule has 1 aliphatic rings. The van der Waals surface area contributed by atoms with Gasteiger partial charge in [-0.1, -0.05) is 6.92 Å². The fourth-order valence-corrected chi connectivity index (χ4v) is 3.09. The van der Waals surface area contributed by atoms with E-state index in [4.69, 9.17) is 11.6 Å². The molecule has 1 aliphatic carbocycles. The molecule has 2 aromatic rings. The summed E-state index contributed by atoms with van der Waals surface area (Å²) in [5.41, 5.74) is 0.176. The third-order valence-corrected chi connectivity index (χ3v) is 4.70. The summed E-state index contributed by atoms with van der Waals surface area (Å²) < 4.78 is 1.38. The van der Waals surface area contributed by atoms with Gasteiger partial charge in [0.15, 0.2) is 5.65 Å². The Morgan fingerprint density at radius 3 is 3.00 bits per heavy atom. The van der Waals surface area contributed by atoms with Gasteiger partial charge in [0.1, 0.15) is 12.1 Å². The van der Waals surface area contributed by atoms with Gasteiger partial charge in [0.2, 0.25) is 0 Å². The maximum atomic E-state index is 11.4. The Bertz CT molecular complexity index is 656. The maximum absolute atomic E-state index is 11.4. The summed E-state index contributed by atoms with van der Waals surface area (Å²) in [7, 11) is 0. The van der Waals surface area contributed by atoms with Crippen LogP contribution in [0, 0.1) is 5.92 Å². The number of aromatic nitrogens is 4. The monoisotopic (exact) mass is 295 g/mol. The predicted molar refractivity (Wildman–Crippen MR) is 78.3 cm³/mol. The molecule has 108 valence electrons. The minimum atomic E-state index is -0.280. The van der Waals surface area contributed by atoms with E-state index in [9.17, 15) is 4.79 Å². The third-order valence-electron chi connectivity index (χ3n) is 4.19. The Hall–Kier alpha value is -1.56. The van der Waals surface area contributed by atoms with Crippen LogP contribution >= 0.6 is 11.6 Å². The first kappa shape index (κ1) is 13.4. The predicted octanol–water partition coefficient (Wildman–Crippen LogP) is 2.02. The number of halogens is 1. The Balaban J connectivity index is 1.85. The van der Waals surface area contributed by atoms with Gasteiger partial charge in [0.05, 0.1) is 5.54 Å². The topological polar surface area (TPSA) is 75.1 Å². The Morgan fingerprint density at radius 1 is 1.55 bits per heavy atom. The zero-order valence-electron chi connectivity index (χ0n) is 11.4. The van der Waals surface area contributed by atoms with Crippen molar-refractivity contribution in [3.05, 3.63) is 22.9 Å². The van der Waals surface area contributed by atoms with Gasteiger partial charge in [0, 0.05) is 11.9 Å². The molecular weight excluding hydrogens is 278 g/mol. The Kier molecular flexibility index (Phi) is 3.41. The first-order valence-electron chi connectivity index (χ1n) is 6.89. The fourth-order valence-electron chi connectivity index (χ4n) is 2.76. The number of fused-ring (bicyclic) bond motifs is 1. The lowest BCUT2D eigenvalue weighted by Gasteiger charge is -2.39. The minimum absolute atomic E-state index is 0.101. The molecule has 0 spiro atoms. The molecule has 3 rings (SSSR count). The van der Waals surface area contributed by atoms with Crippen molar-refractivity contribution in [2.75, 3.05) is 11.2 Å². The van der Waals surface area contributed by atoms with Crippen LogP contribution in [0.5, 0.6) is 0 Å². The summed E-state index contributed by atoms with van der Waals surface area (Å²) in [6.07, 6.45) is 5.90. The van der Waals surface area contributed by atoms with E-state index in [-0.39, 0.29) is 11.2 Å². The van der Waals surface area contributed by atoms with Crippen molar-refractivity contribution < 1.29 is 0 Å². The van der Waals surface area contributed by atoms with Crippen molar-refractivity contribution in [2.45, 2.75) is 38.1 Å². The number of aromatic amines is 1. The van der Waals surface area contributed by atoms with Crippen molar-refractivity contribution in [3.8, 4) is 0 Å². The third kappa shape index (κ3) is 2.40. The molecule has 0 amide bonds. The van der Waals surface area contributed by atoms with Gasteiger partial charge in [-0.3, -0.25) is 0 Å². The number of hydrogen-bond acceptors (Lipinski definition) is 4. The summed E-state index contributed by atoms with van der Waals surface area (Å²) >= 11 is 6.19. The molecule has 1 fully saturated rings. The zero-order valence-corrected chi connectivity index (χ0v) is 12.2. The quantitative estimate of drug-likeness (QED) is 0.850. The van der Waals surface area contributed by atoms with E-state index < -0.39 is 0 Å². The summed E-state index contributed by atoms with van der Waals surface area (Å²) in [4.78, 5) is 15.7. The number of H-pyrrole nitrogens is 1. The number of rotatable bonds is 3. The number of hydrogen-bond donors (Lipinski definition) is 2. The summed E-state index contributed by atoms with van der Waals surface area (Å²) in [6, 6.07) is 1.77. The van der Waals surface area contributed by atoms with Gasteiger partial charge in [0.25, 0.3) is 0 Å². The van der Waals surface area contributed by atoms with Crippen molar-refractivity contribution in [3.63, 3.8) is 0 Å². The molecule has 2 N–H and O–H groups in total. The lowest BCUT2D eigenvalue weighted by Crippen LogP contribution is -2.43. The van der Waals surface area contributed by atoms with Crippen molar-refractivity contribution >= 4 is 23.1 Å². The van der Waals surface area contributed by atoms with E-state index in [2.05, 4.69) is 27.4 Å². The van der Waals surface area contributed by atoms with Crippen molar-refractivity contribution in [1.29, 1.82) is 0 Å². The standard InChI is InChI=1S/C13H18ClN5O/c1-9-2-4-13(7-14,5-3-9)16-10-6-11-17-18-12(20)19(11)8-15-10/h6,8-9,16H,2-5,7H2,1H3,(H,18,20). The van der Waals surface area contributed by atoms with Crippen LogP contribution in [0.15, 0.2) is 17.2 Å². The average Bonchev–Trinajstić information content (AvgIpc) is 2.83. The molecule has 0 radical (unpaired) electrons. The van der Waals surface area contributed by atoms with Gasteiger partial charge in [-0.15, -0.1) is 11.6 Å². The number of nitrogens with one attached hydrogen (secondary N) is 2. The highest BCUT2D eigenvalue weighted by Gasteiger charge is 2.33. The van der Waals surface area contributed by atoms with Gasteiger partial charge < -0.3 is 5.32 Å². The largest absolute Gasteiger partial charge is 0.363 e. The van der Waals surface area contributed by atoms with Crippen LogP contribution in [0.2, 0.25) is 0 Å². The number of anilines is 1. The maximum Gasteiger partial charge on any atom is 0.348 e. The fraction of sp³-hybridized carbons (Fsp3) is 0.615. The van der Waals surface area contributed by atoms with Crippen LogP contribution in [0.25, 0.3) is 5.65 Å². The highest BCUT2D eigenvalue weighted by molar-refractivity contribution is 6.18. The normalized spacial score (nSPS) is 26.8. The second-order valence-corrected chi connectivity index (χ2v) is 6.02. The molecule has 6 nitrogen and oxygen atoms in total. The number of nitrogens with zero attached hydrogens (tertiary/aromatic N) is 3. The van der Waals surface area contributed by atoms with E-state index in [1.54, 1.807) is 6.07 Å². The average molecular weight is 296 g/mol. The second-order valence-electron chi connectivity index (χ2n) is 5.75. The van der Waals surface area contributed by atoms with Gasteiger partial charge in [-0.05, 0) is 31.6 Å². The van der Waals surface area contributed by atoms with E-state index in [0.29, 0.717) is 17.3 Å². The molecule has 1 saturated carbocycles. The van der Waals surface area contributed by atoms with Crippen LogP contribution in [-0.4, -0.2) is 31.0 Å².